The van der Waals surface area contributed by atoms with Gasteiger partial charge in [-0.2, -0.15) is 0 Å². The number of piperidine rings is 1. The number of hydrogen-bond donors (Lipinski definition) is 0. The summed E-state index contributed by atoms with van der Waals surface area (Å²) in [5, 5.41) is 1.44. The molecular weight excluding hydrogens is 413 g/mol. The molecule has 0 spiro atoms. The Balaban J connectivity index is 1.50. The van der Waals surface area contributed by atoms with Crippen molar-refractivity contribution >= 4 is 34.7 Å². The van der Waals surface area contributed by atoms with Gasteiger partial charge < -0.3 is 4.90 Å². The standard InChI is InChI=1S/C26H33Cl2NO/c1-15-11-22-26(3,10-8-23(30)29(22)4)21-7-9-25(2)19(5-6-20(25)24(15)21)16-12-17(27)14-18(28)13-16/h5,12-15,20-22,24H,6-11H2,1-4H3/t15?,20-,21+,22?,24-,25+,26+/m0/s1. The van der Waals surface area contributed by atoms with Crippen LogP contribution >= 0.6 is 23.2 Å². The minimum absolute atomic E-state index is 0.184. The fraction of sp³-hybridized carbons (Fsp3) is 0.654. The van der Waals surface area contributed by atoms with E-state index in [9.17, 15) is 4.79 Å². The van der Waals surface area contributed by atoms with Crippen LogP contribution in [0, 0.1) is 34.5 Å². The maximum Gasteiger partial charge on any atom is 0.222 e. The summed E-state index contributed by atoms with van der Waals surface area (Å²) < 4.78 is 0. The Labute approximate surface area is 191 Å². The molecule has 2 unspecified atom stereocenters. The molecule has 0 radical (unpaired) electrons. The normalized spacial score (nSPS) is 43.0. The van der Waals surface area contributed by atoms with E-state index in [1.807, 2.05) is 13.1 Å². The first kappa shape index (κ1) is 20.9. The molecule has 1 saturated heterocycles. The van der Waals surface area contributed by atoms with Crippen LogP contribution in [0.5, 0.6) is 0 Å². The fourth-order valence-corrected chi connectivity index (χ4v) is 8.72. The third kappa shape index (κ3) is 2.85. The van der Waals surface area contributed by atoms with E-state index in [4.69, 9.17) is 23.2 Å². The van der Waals surface area contributed by atoms with Crippen molar-refractivity contribution in [2.75, 3.05) is 7.05 Å². The highest BCUT2D eigenvalue weighted by molar-refractivity contribution is 6.34. The lowest BCUT2D eigenvalue weighted by Crippen LogP contribution is -2.63. The lowest BCUT2D eigenvalue weighted by atomic mass is 9.44. The van der Waals surface area contributed by atoms with Crippen LogP contribution in [-0.4, -0.2) is 23.9 Å². The molecule has 4 aliphatic rings. The SMILES string of the molecule is CC1CC2N(C)C(=O)CC[C@]2(C)[C@@H]2CC[C@]3(C)C(c4cc(Cl)cc(Cl)c4)=CC[C@H]3[C@H]12. The Kier molecular flexibility index (Phi) is 4.88. The number of allylic oxidation sites excluding steroid dienone is 2. The molecule has 162 valence electrons. The molecule has 30 heavy (non-hydrogen) atoms. The number of likely N-dealkylation sites (tertiary alicyclic amines) is 1. The number of rotatable bonds is 1. The number of carbonyl (C=O) groups is 1. The summed E-state index contributed by atoms with van der Waals surface area (Å²) in [5.74, 6) is 3.07. The maximum absolute atomic E-state index is 12.4. The Hall–Kier alpha value is -0.990. The summed E-state index contributed by atoms with van der Waals surface area (Å²) in [6, 6.07) is 6.40. The highest BCUT2D eigenvalue weighted by atomic mass is 35.5. The Morgan fingerprint density at radius 2 is 1.77 bits per heavy atom. The largest absolute Gasteiger partial charge is 0.342 e. The van der Waals surface area contributed by atoms with Crippen LogP contribution in [0.1, 0.15) is 64.9 Å². The van der Waals surface area contributed by atoms with Crippen LogP contribution in [-0.2, 0) is 4.79 Å². The summed E-state index contributed by atoms with van der Waals surface area (Å²) in [6.45, 7) is 7.43. The molecule has 1 aliphatic heterocycles. The number of carbonyl (C=O) groups excluding carboxylic acids is 1. The predicted octanol–water partition coefficient (Wildman–Crippen LogP) is 7.10. The van der Waals surface area contributed by atoms with Gasteiger partial charge in [-0.15, -0.1) is 0 Å². The van der Waals surface area contributed by atoms with Gasteiger partial charge in [0, 0.05) is 29.6 Å². The molecule has 0 aromatic heterocycles. The van der Waals surface area contributed by atoms with Crippen molar-refractivity contribution in [2.24, 2.45) is 34.5 Å². The second kappa shape index (κ2) is 7.01. The molecule has 0 bridgehead atoms. The number of nitrogens with zero attached hydrogens (tertiary/aromatic N) is 1. The van der Waals surface area contributed by atoms with Gasteiger partial charge in [-0.1, -0.05) is 50.0 Å². The molecule has 1 amide bonds. The monoisotopic (exact) mass is 445 g/mol. The Morgan fingerprint density at radius 3 is 2.47 bits per heavy atom. The van der Waals surface area contributed by atoms with Crippen molar-refractivity contribution < 1.29 is 4.79 Å². The van der Waals surface area contributed by atoms with Crippen molar-refractivity contribution in [2.45, 2.75) is 65.3 Å². The predicted molar refractivity (Wildman–Crippen MR) is 125 cm³/mol. The second-order valence-electron chi connectivity index (χ2n) is 11.0. The molecule has 1 aromatic carbocycles. The number of amides is 1. The summed E-state index contributed by atoms with van der Waals surface area (Å²) in [4.78, 5) is 14.5. The summed E-state index contributed by atoms with van der Waals surface area (Å²) >= 11 is 12.7. The number of fused-ring (bicyclic) bond motifs is 5. The van der Waals surface area contributed by atoms with Crippen molar-refractivity contribution in [1.82, 2.24) is 4.90 Å². The van der Waals surface area contributed by atoms with Crippen molar-refractivity contribution in [3.05, 3.63) is 39.9 Å². The minimum Gasteiger partial charge on any atom is -0.342 e. The van der Waals surface area contributed by atoms with Gasteiger partial charge in [-0.05, 0) is 95.9 Å². The molecule has 2 nitrogen and oxygen atoms in total. The van der Waals surface area contributed by atoms with E-state index in [0.29, 0.717) is 36.1 Å². The second-order valence-corrected chi connectivity index (χ2v) is 11.9. The molecule has 5 rings (SSSR count). The maximum atomic E-state index is 12.4. The van der Waals surface area contributed by atoms with Gasteiger partial charge >= 0.3 is 0 Å². The molecule has 3 aliphatic carbocycles. The van der Waals surface area contributed by atoms with Gasteiger partial charge in [-0.3, -0.25) is 4.79 Å². The highest BCUT2D eigenvalue weighted by Crippen LogP contribution is 2.67. The van der Waals surface area contributed by atoms with Crippen LogP contribution < -0.4 is 0 Å². The van der Waals surface area contributed by atoms with Gasteiger partial charge in [0.15, 0.2) is 0 Å². The van der Waals surface area contributed by atoms with Gasteiger partial charge in [0.25, 0.3) is 0 Å². The van der Waals surface area contributed by atoms with Crippen molar-refractivity contribution in [1.29, 1.82) is 0 Å². The zero-order chi connectivity index (χ0) is 21.4. The van der Waals surface area contributed by atoms with Crippen LogP contribution in [0.2, 0.25) is 10.0 Å². The molecule has 1 aromatic rings. The molecule has 7 atom stereocenters. The topological polar surface area (TPSA) is 20.3 Å². The van der Waals surface area contributed by atoms with Crippen molar-refractivity contribution in [3.63, 3.8) is 0 Å². The molecule has 3 fully saturated rings. The van der Waals surface area contributed by atoms with E-state index in [1.54, 1.807) is 0 Å². The van der Waals surface area contributed by atoms with Crippen molar-refractivity contribution in [3.8, 4) is 0 Å². The van der Waals surface area contributed by atoms with Crippen LogP contribution in [0.4, 0.5) is 0 Å². The third-order valence-corrected chi connectivity index (χ3v) is 10.1. The van der Waals surface area contributed by atoms with Gasteiger partial charge in [0.2, 0.25) is 5.91 Å². The average molecular weight is 446 g/mol. The molecule has 2 saturated carbocycles. The average Bonchev–Trinajstić information content (AvgIpc) is 3.03. The van der Waals surface area contributed by atoms with E-state index in [2.05, 4.69) is 43.9 Å². The fourth-order valence-electron chi connectivity index (χ4n) is 8.19. The van der Waals surface area contributed by atoms with Gasteiger partial charge in [0.1, 0.15) is 0 Å². The van der Waals surface area contributed by atoms with E-state index in [0.717, 1.165) is 35.2 Å². The lowest BCUT2D eigenvalue weighted by Gasteiger charge is -2.63. The summed E-state index contributed by atoms with van der Waals surface area (Å²) in [6.07, 6.45) is 9.01. The smallest absolute Gasteiger partial charge is 0.222 e. The number of benzene rings is 1. The van der Waals surface area contributed by atoms with E-state index < -0.39 is 0 Å². The highest BCUT2D eigenvalue weighted by Gasteiger charge is 2.61. The molecule has 1 heterocycles. The molecule has 4 heteroatoms. The van der Waals surface area contributed by atoms with Gasteiger partial charge in [0.05, 0.1) is 0 Å². The zero-order valence-electron chi connectivity index (χ0n) is 18.6. The summed E-state index contributed by atoms with van der Waals surface area (Å²) in [5.41, 5.74) is 3.09. The first-order valence-electron chi connectivity index (χ1n) is 11.6. The van der Waals surface area contributed by atoms with Crippen LogP contribution in [0.15, 0.2) is 24.3 Å². The number of halogens is 2. The Morgan fingerprint density at radius 1 is 1.07 bits per heavy atom. The van der Waals surface area contributed by atoms with Gasteiger partial charge in [-0.25, -0.2) is 0 Å². The van der Waals surface area contributed by atoms with E-state index in [-0.39, 0.29) is 10.8 Å². The Bertz CT molecular complexity index is 905. The van der Waals surface area contributed by atoms with E-state index >= 15 is 0 Å². The molecule has 0 N–H and O–H groups in total. The van der Waals surface area contributed by atoms with Crippen LogP contribution in [0.3, 0.4) is 0 Å². The number of hydrogen-bond acceptors (Lipinski definition) is 1. The summed E-state index contributed by atoms with van der Waals surface area (Å²) in [7, 11) is 2.04. The quantitative estimate of drug-likeness (QED) is 0.451. The lowest BCUT2D eigenvalue weighted by molar-refractivity contribution is -0.162. The van der Waals surface area contributed by atoms with E-state index in [1.165, 1.54) is 24.0 Å². The van der Waals surface area contributed by atoms with Crippen LogP contribution in [0.25, 0.3) is 5.57 Å². The molecular formula is C26H33Cl2NO. The first-order chi connectivity index (χ1) is 14.1. The third-order valence-electron chi connectivity index (χ3n) is 9.69. The first-order valence-corrected chi connectivity index (χ1v) is 12.3. The minimum atomic E-state index is 0.184. The zero-order valence-corrected chi connectivity index (χ0v) is 20.1.